The minimum atomic E-state index is -0.691. The van der Waals surface area contributed by atoms with Crippen molar-refractivity contribution in [3.63, 3.8) is 0 Å². The highest BCUT2D eigenvalue weighted by Gasteiger charge is 2.10. The monoisotopic (exact) mass is 404 g/mol. The van der Waals surface area contributed by atoms with Gasteiger partial charge in [0.1, 0.15) is 0 Å². The van der Waals surface area contributed by atoms with Crippen molar-refractivity contribution >= 4 is 22.4 Å². The van der Waals surface area contributed by atoms with Gasteiger partial charge < -0.3 is 0 Å². The van der Waals surface area contributed by atoms with Crippen LogP contribution in [-0.4, -0.2) is 15.0 Å². The lowest BCUT2D eigenvalue weighted by atomic mass is 10.00. The summed E-state index contributed by atoms with van der Waals surface area (Å²) in [7, 11) is 0. The average molecular weight is 405 g/mol. The van der Waals surface area contributed by atoms with Gasteiger partial charge in [-0.05, 0) is 45.6 Å². The Morgan fingerprint density at radius 1 is 0.586 bits per heavy atom. The summed E-state index contributed by atoms with van der Waals surface area (Å²) >= 11 is 6.16. The molecular formula is C25H16ClN3. The quantitative estimate of drug-likeness (QED) is 0.336. The van der Waals surface area contributed by atoms with Gasteiger partial charge in [-0.15, -0.1) is 0 Å². The molecular weight excluding hydrogens is 378 g/mol. The van der Waals surface area contributed by atoms with Gasteiger partial charge in [0.15, 0.2) is 11.6 Å². The average Bonchev–Trinajstić information content (AvgIpc) is 2.93. The van der Waals surface area contributed by atoms with E-state index in [0.29, 0.717) is 5.56 Å². The van der Waals surface area contributed by atoms with Crippen LogP contribution in [0.3, 0.4) is 0 Å². The van der Waals surface area contributed by atoms with E-state index in [2.05, 4.69) is 15.0 Å². The zero-order valence-electron chi connectivity index (χ0n) is 25.6. The highest BCUT2D eigenvalue weighted by molar-refractivity contribution is 6.28. The van der Waals surface area contributed by atoms with Gasteiger partial charge in [0.25, 0.3) is 0 Å². The van der Waals surface area contributed by atoms with E-state index in [-0.39, 0.29) is 33.3 Å². The molecule has 29 heavy (non-hydrogen) atoms. The Morgan fingerprint density at radius 2 is 1.24 bits per heavy atom. The lowest BCUT2D eigenvalue weighted by molar-refractivity contribution is 1.07. The van der Waals surface area contributed by atoms with Crippen LogP contribution >= 0.6 is 11.6 Å². The van der Waals surface area contributed by atoms with E-state index in [4.69, 9.17) is 26.7 Å². The van der Waals surface area contributed by atoms with E-state index in [1.165, 1.54) is 0 Å². The third kappa shape index (κ3) is 3.60. The number of hydrogen-bond donors (Lipinski definition) is 0. The maximum Gasteiger partial charge on any atom is 0.226 e. The maximum absolute atomic E-state index is 8.94. The number of hydrogen-bond acceptors (Lipinski definition) is 3. The van der Waals surface area contributed by atoms with Crippen LogP contribution in [0.5, 0.6) is 0 Å². The van der Waals surface area contributed by atoms with Crippen LogP contribution in [0.15, 0.2) is 96.8 Å². The summed E-state index contributed by atoms with van der Waals surface area (Å²) in [5, 5.41) is -0.923. The highest BCUT2D eigenvalue weighted by atomic mass is 35.5. The minimum absolute atomic E-state index is 0.134. The largest absolute Gasteiger partial charge is 0.226 e. The normalized spacial score (nSPS) is 16.2. The van der Waals surface area contributed by atoms with Gasteiger partial charge in [0.05, 0.1) is 15.1 Å². The molecule has 5 rings (SSSR count). The second-order valence-corrected chi connectivity index (χ2v) is 6.21. The predicted octanol–water partition coefficient (Wildman–Crippen LogP) is 6.68. The fourth-order valence-corrected chi connectivity index (χ4v) is 2.83. The van der Waals surface area contributed by atoms with E-state index in [1.54, 1.807) is 30.3 Å². The van der Waals surface area contributed by atoms with Gasteiger partial charge in [-0.1, -0.05) is 84.7 Å². The smallest absolute Gasteiger partial charge is 0.208 e. The molecule has 0 fully saturated rings. The van der Waals surface area contributed by atoms with Crippen molar-refractivity contribution in [2.45, 2.75) is 0 Å². The number of rotatable bonds is 3. The van der Waals surface area contributed by atoms with Gasteiger partial charge in [0.2, 0.25) is 5.28 Å². The first kappa shape index (κ1) is 9.29. The molecule has 4 aromatic carbocycles. The molecule has 4 heteroatoms. The van der Waals surface area contributed by atoms with E-state index in [1.807, 2.05) is 0 Å². The van der Waals surface area contributed by atoms with Crippen LogP contribution in [-0.2, 0) is 0 Å². The van der Waals surface area contributed by atoms with Crippen LogP contribution in [0.25, 0.3) is 44.7 Å². The van der Waals surface area contributed by atoms with Crippen molar-refractivity contribution in [1.29, 1.82) is 0 Å². The molecule has 5 aromatic rings. The minimum Gasteiger partial charge on any atom is -0.208 e. The van der Waals surface area contributed by atoms with Gasteiger partial charge >= 0.3 is 0 Å². The molecule has 1 heterocycles. The zero-order valence-corrected chi connectivity index (χ0v) is 15.4. The molecule has 0 N–H and O–H groups in total. The molecule has 0 spiro atoms. The molecule has 0 radical (unpaired) electrons. The van der Waals surface area contributed by atoms with Crippen molar-refractivity contribution in [1.82, 2.24) is 15.0 Å². The first-order valence-corrected chi connectivity index (χ1v) is 8.82. The predicted molar refractivity (Wildman–Crippen MR) is 119 cm³/mol. The Bertz CT molecular complexity index is 1850. The first-order chi connectivity index (χ1) is 18.9. The van der Waals surface area contributed by atoms with Crippen LogP contribution in [0.1, 0.15) is 15.1 Å². The summed E-state index contributed by atoms with van der Waals surface area (Å²) in [6.07, 6.45) is 0. The summed E-state index contributed by atoms with van der Waals surface area (Å²) in [4.78, 5) is 12.5. The molecule has 0 unspecified atom stereocenters. The zero-order chi connectivity index (χ0) is 29.2. The topological polar surface area (TPSA) is 38.7 Å². The van der Waals surface area contributed by atoms with Crippen LogP contribution in [0.4, 0.5) is 0 Å². The molecule has 3 nitrogen and oxygen atoms in total. The second kappa shape index (κ2) is 7.46. The summed E-state index contributed by atoms with van der Waals surface area (Å²) < 4.78 is 92.7. The molecule has 0 aliphatic rings. The Balaban J connectivity index is 1.91. The van der Waals surface area contributed by atoms with Gasteiger partial charge in [0, 0.05) is 11.1 Å². The van der Waals surface area contributed by atoms with Gasteiger partial charge in [-0.3, -0.25) is 0 Å². The van der Waals surface area contributed by atoms with Crippen LogP contribution < -0.4 is 0 Å². The molecule has 1 aromatic heterocycles. The molecule has 0 aliphatic heterocycles. The number of aromatic nitrogens is 3. The Morgan fingerprint density at radius 3 is 2.00 bits per heavy atom. The summed E-state index contributed by atoms with van der Waals surface area (Å²) in [6.45, 7) is 0. The van der Waals surface area contributed by atoms with Crippen molar-refractivity contribution in [2.24, 2.45) is 0 Å². The lowest BCUT2D eigenvalue weighted by Crippen LogP contribution is -1.97. The molecule has 0 amide bonds. The molecule has 0 saturated carbocycles. The summed E-state index contributed by atoms with van der Waals surface area (Å²) in [5.74, 6) is -0.0934. The van der Waals surface area contributed by atoms with E-state index in [9.17, 15) is 0 Å². The van der Waals surface area contributed by atoms with Crippen molar-refractivity contribution in [2.75, 3.05) is 0 Å². The van der Waals surface area contributed by atoms with Crippen LogP contribution in [0, 0.1) is 0 Å². The summed E-state index contributed by atoms with van der Waals surface area (Å²) in [5.41, 5.74) is -0.662. The fourth-order valence-electron chi connectivity index (χ4n) is 2.67. The molecule has 138 valence electrons. The number of nitrogens with zero attached hydrogens (tertiary/aromatic N) is 3. The Hall–Kier alpha value is -3.56. The SMILES string of the molecule is [2H]c1c([2H])c([2H])c(-c2c([2H])c([2H])c3c([2H])c([2H])c(-c4nc(Cl)nc(-c5ccccc5)n4)c([2H])c3c2[2H])c([2H])c1[2H]. The Labute approximate surface area is 189 Å². The maximum atomic E-state index is 8.94. The van der Waals surface area contributed by atoms with Gasteiger partial charge in [-0.25, -0.2) is 4.98 Å². The Kier molecular flexibility index (Phi) is 2.39. The van der Waals surface area contributed by atoms with Crippen molar-refractivity contribution < 1.29 is 15.1 Å². The van der Waals surface area contributed by atoms with E-state index < -0.39 is 77.6 Å². The summed E-state index contributed by atoms with van der Waals surface area (Å²) in [6, 6.07) is 1.74. The third-order valence-corrected chi connectivity index (χ3v) is 4.16. The molecule has 0 bridgehead atoms. The number of benzene rings is 4. The first-order valence-electron chi connectivity index (χ1n) is 13.9. The van der Waals surface area contributed by atoms with Crippen molar-refractivity contribution in [3.8, 4) is 33.9 Å². The molecule has 0 aliphatic carbocycles. The van der Waals surface area contributed by atoms with Crippen LogP contribution in [0.2, 0.25) is 5.28 Å². The van der Waals surface area contributed by atoms with Gasteiger partial charge in [-0.2, -0.15) is 9.97 Å². The standard InChI is InChI=1S/C25H16ClN3/c26-25-28-23(19-9-5-2-6-10-19)27-24(29-25)21-14-12-18-11-13-20(15-22(18)16-21)17-7-3-1-4-8-17/h1-16H/i1D,3D,4D,7D,8D,11D,12D,13D,14D,15D,16D. The van der Waals surface area contributed by atoms with Crippen molar-refractivity contribution in [3.05, 3.63) is 102 Å². The molecule has 0 atom stereocenters. The fraction of sp³-hybridized carbons (Fsp3) is 0. The van der Waals surface area contributed by atoms with E-state index in [0.717, 1.165) is 0 Å². The lowest BCUT2D eigenvalue weighted by Gasteiger charge is -2.08. The third-order valence-electron chi connectivity index (χ3n) is 3.99. The van der Waals surface area contributed by atoms with E-state index >= 15 is 0 Å². The second-order valence-electron chi connectivity index (χ2n) is 5.87. The number of fused-ring (bicyclic) bond motifs is 1. The number of halogens is 1. The highest BCUT2D eigenvalue weighted by Crippen LogP contribution is 2.28. The molecule has 0 saturated heterocycles.